The van der Waals surface area contributed by atoms with E-state index < -0.39 is 17.6 Å². The third kappa shape index (κ3) is 2.04. The zero-order chi connectivity index (χ0) is 12.3. The standard InChI is InChI=1S/C11H19NO4/c1-5-15-10(14)11(7(2)3)6-8(12-4)9(13)16-11/h7-8,12H,5-6H2,1-4H3/t8-,11-/m0/s1. The van der Waals surface area contributed by atoms with Crippen LogP contribution in [0.5, 0.6) is 0 Å². The van der Waals surface area contributed by atoms with Gasteiger partial charge in [-0.15, -0.1) is 0 Å². The average Bonchev–Trinajstić information content (AvgIpc) is 2.57. The van der Waals surface area contributed by atoms with E-state index in [0.717, 1.165) is 0 Å². The van der Waals surface area contributed by atoms with Crippen molar-refractivity contribution in [2.24, 2.45) is 5.92 Å². The summed E-state index contributed by atoms with van der Waals surface area (Å²) >= 11 is 0. The van der Waals surface area contributed by atoms with E-state index in [2.05, 4.69) is 5.32 Å². The summed E-state index contributed by atoms with van der Waals surface area (Å²) in [5.41, 5.74) is -1.12. The molecule has 1 aliphatic heterocycles. The lowest BCUT2D eigenvalue weighted by Gasteiger charge is -2.28. The Labute approximate surface area is 95.5 Å². The molecule has 1 saturated heterocycles. The summed E-state index contributed by atoms with van der Waals surface area (Å²) in [5, 5.41) is 2.84. The van der Waals surface area contributed by atoms with E-state index >= 15 is 0 Å². The number of esters is 2. The lowest BCUT2D eigenvalue weighted by atomic mass is 9.86. The molecule has 2 atom stereocenters. The SMILES string of the molecule is CCOC(=O)[C@@]1(C(C)C)C[C@H](NC)C(=O)O1. The van der Waals surface area contributed by atoms with Gasteiger partial charge in [-0.1, -0.05) is 13.8 Å². The molecule has 92 valence electrons. The number of hydrogen-bond donors (Lipinski definition) is 1. The number of carbonyl (C=O) groups is 2. The first-order valence-electron chi connectivity index (χ1n) is 5.55. The van der Waals surface area contributed by atoms with Gasteiger partial charge in [0.15, 0.2) is 0 Å². The quantitative estimate of drug-likeness (QED) is 0.710. The van der Waals surface area contributed by atoms with Crippen LogP contribution >= 0.6 is 0 Å². The number of likely N-dealkylation sites (N-methyl/N-ethyl adjacent to an activating group) is 1. The summed E-state index contributed by atoms with van der Waals surface area (Å²) < 4.78 is 10.2. The van der Waals surface area contributed by atoms with Crippen LogP contribution in [-0.4, -0.2) is 37.2 Å². The number of ether oxygens (including phenoxy) is 2. The van der Waals surface area contributed by atoms with Gasteiger partial charge in [0.05, 0.1) is 6.61 Å². The second-order valence-corrected chi connectivity index (χ2v) is 4.23. The maximum Gasteiger partial charge on any atom is 0.350 e. The van der Waals surface area contributed by atoms with E-state index in [9.17, 15) is 9.59 Å². The molecule has 1 N–H and O–H groups in total. The zero-order valence-corrected chi connectivity index (χ0v) is 10.2. The van der Waals surface area contributed by atoms with Crippen molar-refractivity contribution >= 4 is 11.9 Å². The molecule has 1 rings (SSSR count). The first-order valence-corrected chi connectivity index (χ1v) is 5.55. The van der Waals surface area contributed by atoms with E-state index in [1.807, 2.05) is 13.8 Å². The van der Waals surface area contributed by atoms with Crippen molar-refractivity contribution in [3.8, 4) is 0 Å². The van der Waals surface area contributed by atoms with Crippen LogP contribution in [0.15, 0.2) is 0 Å². The van der Waals surface area contributed by atoms with Crippen molar-refractivity contribution in [2.45, 2.75) is 38.8 Å². The summed E-state index contributed by atoms with van der Waals surface area (Å²) in [6.07, 6.45) is 0.332. The summed E-state index contributed by atoms with van der Waals surface area (Å²) in [5.74, 6) is -0.936. The molecule has 0 saturated carbocycles. The highest BCUT2D eigenvalue weighted by molar-refractivity contribution is 5.89. The van der Waals surface area contributed by atoms with Gasteiger partial charge < -0.3 is 14.8 Å². The van der Waals surface area contributed by atoms with Crippen LogP contribution in [0.2, 0.25) is 0 Å². The molecule has 0 aromatic carbocycles. The smallest absolute Gasteiger partial charge is 0.350 e. The van der Waals surface area contributed by atoms with Gasteiger partial charge in [0.25, 0.3) is 0 Å². The van der Waals surface area contributed by atoms with E-state index in [1.165, 1.54) is 0 Å². The molecule has 1 aliphatic rings. The Morgan fingerprint density at radius 3 is 2.69 bits per heavy atom. The van der Waals surface area contributed by atoms with Crippen LogP contribution in [0.3, 0.4) is 0 Å². The summed E-state index contributed by atoms with van der Waals surface area (Å²) in [4.78, 5) is 23.4. The zero-order valence-electron chi connectivity index (χ0n) is 10.2. The fourth-order valence-corrected chi connectivity index (χ4v) is 1.87. The molecule has 0 bridgehead atoms. The minimum atomic E-state index is -1.12. The summed E-state index contributed by atoms with van der Waals surface area (Å²) in [7, 11) is 1.67. The average molecular weight is 229 g/mol. The maximum absolute atomic E-state index is 11.9. The monoisotopic (exact) mass is 229 g/mol. The van der Waals surface area contributed by atoms with Gasteiger partial charge in [-0.25, -0.2) is 4.79 Å². The van der Waals surface area contributed by atoms with Crippen LogP contribution in [0.25, 0.3) is 0 Å². The first kappa shape index (κ1) is 13.0. The van der Waals surface area contributed by atoms with Gasteiger partial charge in [-0.05, 0) is 14.0 Å². The van der Waals surface area contributed by atoms with Crippen LogP contribution in [-0.2, 0) is 19.1 Å². The van der Waals surface area contributed by atoms with Gasteiger partial charge in [-0.3, -0.25) is 4.79 Å². The van der Waals surface area contributed by atoms with Gasteiger partial charge in [0.1, 0.15) is 6.04 Å². The van der Waals surface area contributed by atoms with Crippen molar-refractivity contribution in [3.63, 3.8) is 0 Å². The largest absolute Gasteiger partial charge is 0.463 e. The number of carbonyl (C=O) groups excluding carboxylic acids is 2. The van der Waals surface area contributed by atoms with E-state index in [-0.39, 0.29) is 18.5 Å². The van der Waals surface area contributed by atoms with Crippen molar-refractivity contribution in [1.29, 1.82) is 0 Å². The van der Waals surface area contributed by atoms with Crippen molar-refractivity contribution in [2.75, 3.05) is 13.7 Å². The van der Waals surface area contributed by atoms with Crippen LogP contribution in [0.4, 0.5) is 0 Å². The van der Waals surface area contributed by atoms with Crippen molar-refractivity contribution in [3.05, 3.63) is 0 Å². The molecule has 0 radical (unpaired) electrons. The minimum absolute atomic E-state index is 0.103. The molecule has 5 heteroatoms. The first-order chi connectivity index (χ1) is 7.47. The van der Waals surface area contributed by atoms with Gasteiger partial charge in [0, 0.05) is 12.3 Å². The van der Waals surface area contributed by atoms with Gasteiger partial charge in [-0.2, -0.15) is 0 Å². The minimum Gasteiger partial charge on any atom is -0.463 e. The highest BCUT2D eigenvalue weighted by atomic mass is 16.6. The van der Waals surface area contributed by atoms with Crippen LogP contribution < -0.4 is 5.32 Å². The number of cyclic esters (lactones) is 1. The molecule has 5 nitrogen and oxygen atoms in total. The molecule has 1 heterocycles. The predicted octanol–water partition coefficient (Wildman–Crippen LogP) is 0.479. The van der Waals surface area contributed by atoms with Crippen molar-refractivity contribution < 1.29 is 19.1 Å². The molecule has 0 spiro atoms. The lowest BCUT2D eigenvalue weighted by molar-refractivity contribution is -0.179. The third-order valence-corrected chi connectivity index (χ3v) is 2.98. The third-order valence-electron chi connectivity index (χ3n) is 2.98. The molecule has 16 heavy (non-hydrogen) atoms. The highest BCUT2D eigenvalue weighted by Crippen LogP contribution is 2.35. The second kappa shape index (κ2) is 4.82. The number of rotatable bonds is 4. The Kier molecular flexibility index (Phi) is 3.91. The lowest BCUT2D eigenvalue weighted by Crippen LogP contribution is -2.45. The van der Waals surface area contributed by atoms with Crippen LogP contribution in [0, 0.1) is 5.92 Å². The Morgan fingerprint density at radius 1 is 1.69 bits per heavy atom. The van der Waals surface area contributed by atoms with E-state index in [0.29, 0.717) is 6.42 Å². The number of nitrogens with one attached hydrogen (secondary N) is 1. The molecule has 0 aromatic heterocycles. The molecular weight excluding hydrogens is 210 g/mol. The fourth-order valence-electron chi connectivity index (χ4n) is 1.87. The second-order valence-electron chi connectivity index (χ2n) is 4.23. The Bertz CT molecular complexity index is 290. The van der Waals surface area contributed by atoms with Gasteiger partial charge in [0.2, 0.25) is 5.60 Å². The highest BCUT2D eigenvalue weighted by Gasteiger charge is 2.55. The van der Waals surface area contributed by atoms with Gasteiger partial charge >= 0.3 is 11.9 Å². The number of hydrogen-bond acceptors (Lipinski definition) is 5. The topological polar surface area (TPSA) is 64.6 Å². The molecule has 0 amide bonds. The Morgan fingerprint density at radius 2 is 2.31 bits per heavy atom. The Hall–Kier alpha value is -1.10. The maximum atomic E-state index is 11.9. The van der Waals surface area contributed by atoms with E-state index in [1.54, 1.807) is 14.0 Å². The Balaban J connectivity index is 2.92. The van der Waals surface area contributed by atoms with Crippen LogP contribution in [0.1, 0.15) is 27.2 Å². The van der Waals surface area contributed by atoms with Crippen molar-refractivity contribution in [1.82, 2.24) is 5.32 Å². The molecule has 0 aliphatic carbocycles. The molecular formula is C11H19NO4. The molecule has 0 aromatic rings. The normalized spacial score (nSPS) is 29.3. The predicted molar refractivity (Wildman–Crippen MR) is 57.8 cm³/mol. The summed E-state index contributed by atoms with van der Waals surface area (Å²) in [6.45, 7) is 5.72. The van der Waals surface area contributed by atoms with E-state index in [4.69, 9.17) is 9.47 Å². The summed E-state index contributed by atoms with van der Waals surface area (Å²) in [6, 6.07) is -0.424. The fraction of sp³-hybridized carbons (Fsp3) is 0.818. The molecule has 1 fully saturated rings. The molecule has 0 unspecified atom stereocenters.